The molecule has 9 nitrogen and oxygen atoms in total. The van der Waals surface area contributed by atoms with Gasteiger partial charge in [-0.05, 0) is 35.0 Å². The Morgan fingerprint density at radius 1 is 1.26 bits per heavy atom. The van der Waals surface area contributed by atoms with E-state index in [1.807, 2.05) is 0 Å². The molecule has 0 bridgehead atoms. The predicted octanol–water partition coefficient (Wildman–Crippen LogP) is 0.343. The van der Waals surface area contributed by atoms with Crippen molar-refractivity contribution in [1.82, 2.24) is 25.1 Å². The highest BCUT2D eigenvalue weighted by molar-refractivity contribution is 5.82. The van der Waals surface area contributed by atoms with Gasteiger partial charge in [0.1, 0.15) is 17.7 Å². The number of likely N-dealkylation sites (tertiary alicyclic amines) is 1. The van der Waals surface area contributed by atoms with Crippen LogP contribution in [-0.4, -0.2) is 65.9 Å². The van der Waals surface area contributed by atoms with Crippen LogP contribution < -0.4 is 0 Å². The summed E-state index contributed by atoms with van der Waals surface area (Å²) < 4.78 is 14.6. The number of carboxylic acids is 1. The molecule has 0 saturated carbocycles. The standard InChI is InChI=1S/C17H20FN5O4/c1-11-19-20-21-23(11)14(10-12-2-4-13(18)5-3-12)15(24)22-8-6-17(27,7-9-22)16(25)26/h2-5,14,27H,6-10H2,1H3,(H,25,26). The van der Waals surface area contributed by atoms with Gasteiger partial charge in [0.25, 0.3) is 0 Å². The number of aliphatic carboxylic acids is 1. The van der Waals surface area contributed by atoms with Crippen LogP contribution in [0.1, 0.15) is 30.3 Å². The number of carbonyl (C=O) groups is 2. The number of piperidine rings is 1. The summed E-state index contributed by atoms with van der Waals surface area (Å²) in [6.45, 7) is 1.90. The molecule has 144 valence electrons. The number of aryl methyl sites for hydroxylation is 1. The van der Waals surface area contributed by atoms with Crippen LogP contribution in [0.4, 0.5) is 4.39 Å². The minimum Gasteiger partial charge on any atom is -0.479 e. The van der Waals surface area contributed by atoms with Crippen molar-refractivity contribution in [1.29, 1.82) is 0 Å². The number of hydrogen-bond donors (Lipinski definition) is 2. The van der Waals surface area contributed by atoms with E-state index in [1.165, 1.54) is 21.7 Å². The Morgan fingerprint density at radius 3 is 2.41 bits per heavy atom. The zero-order valence-corrected chi connectivity index (χ0v) is 14.7. The van der Waals surface area contributed by atoms with E-state index >= 15 is 0 Å². The molecule has 2 N–H and O–H groups in total. The first-order chi connectivity index (χ1) is 12.8. The zero-order chi connectivity index (χ0) is 19.6. The molecule has 2 aromatic rings. The molecule has 1 aliphatic heterocycles. The highest BCUT2D eigenvalue weighted by Crippen LogP contribution is 2.26. The first-order valence-corrected chi connectivity index (χ1v) is 8.53. The summed E-state index contributed by atoms with van der Waals surface area (Å²) in [7, 11) is 0. The van der Waals surface area contributed by atoms with Crippen molar-refractivity contribution in [2.75, 3.05) is 13.1 Å². The van der Waals surface area contributed by atoms with Gasteiger partial charge in [-0.2, -0.15) is 0 Å². The molecule has 2 heterocycles. The lowest BCUT2D eigenvalue weighted by molar-refractivity contribution is -0.165. The van der Waals surface area contributed by atoms with Crippen LogP contribution in [0.25, 0.3) is 0 Å². The number of tetrazole rings is 1. The molecule has 27 heavy (non-hydrogen) atoms. The lowest BCUT2D eigenvalue weighted by Crippen LogP contribution is -2.52. The quantitative estimate of drug-likeness (QED) is 0.771. The van der Waals surface area contributed by atoms with Gasteiger partial charge in [-0.25, -0.2) is 13.9 Å². The Hall–Kier alpha value is -2.88. The normalized spacial score (nSPS) is 17.5. The molecule has 10 heteroatoms. The van der Waals surface area contributed by atoms with Gasteiger partial charge in [-0.3, -0.25) is 4.79 Å². The van der Waals surface area contributed by atoms with E-state index in [0.29, 0.717) is 5.82 Å². The van der Waals surface area contributed by atoms with Crippen LogP contribution in [0.5, 0.6) is 0 Å². The third-order valence-electron chi connectivity index (χ3n) is 4.88. The van der Waals surface area contributed by atoms with Crippen molar-refractivity contribution >= 4 is 11.9 Å². The Morgan fingerprint density at radius 2 is 1.89 bits per heavy atom. The number of hydrogen-bond acceptors (Lipinski definition) is 6. The monoisotopic (exact) mass is 377 g/mol. The molecule has 0 spiro atoms. The predicted molar refractivity (Wildman–Crippen MR) is 90.1 cm³/mol. The lowest BCUT2D eigenvalue weighted by atomic mass is 9.91. The topological polar surface area (TPSA) is 121 Å². The molecule has 0 radical (unpaired) electrons. The maximum atomic E-state index is 13.2. The van der Waals surface area contributed by atoms with Crippen LogP contribution in [0.15, 0.2) is 24.3 Å². The highest BCUT2D eigenvalue weighted by Gasteiger charge is 2.41. The van der Waals surface area contributed by atoms with Gasteiger partial charge >= 0.3 is 5.97 Å². The highest BCUT2D eigenvalue weighted by atomic mass is 19.1. The maximum absolute atomic E-state index is 13.2. The van der Waals surface area contributed by atoms with Crippen LogP contribution in [0.2, 0.25) is 0 Å². The molecule has 1 aromatic carbocycles. The first kappa shape index (κ1) is 18.9. The summed E-state index contributed by atoms with van der Waals surface area (Å²) in [5, 5.41) is 30.5. The number of carboxylic acid groups (broad SMARTS) is 1. The van der Waals surface area contributed by atoms with Gasteiger partial charge in [-0.15, -0.1) is 5.10 Å². The van der Waals surface area contributed by atoms with Gasteiger partial charge in [0.05, 0.1) is 0 Å². The van der Waals surface area contributed by atoms with Crippen molar-refractivity contribution < 1.29 is 24.2 Å². The third kappa shape index (κ3) is 3.95. The van der Waals surface area contributed by atoms with E-state index in [9.17, 15) is 19.1 Å². The molecule has 1 amide bonds. The fraction of sp³-hybridized carbons (Fsp3) is 0.471. The second-order valence-electron chi connectivity index (χ2n) is 6.68. The fourth-order valence-electron chi connectivity index (χ4n) is 3.17. The number of halogens is 1. The van der Waals surface area contributed by atoms with E-state index in [1.54, 1.807) is 19.1 Å². The van der Waals surface area contributed by atoms with E-state index in [0.717, 1.165) is 5.56 Å². The average molecular weight is 377 g/mol. The molecule has 0 aliphatic carbocycles. The third-order valence-corrected chi connectivity index (χ3v) is 4.88. The first-order valence-electron chi connectivity index (χ1n) is 8.53. The van der Waals surface area contributed by atoms with E-state index in [2.05, 4.69) is 15.5 Å². The number of amides is 1. The maximum Gasteiger partial charge on any atom is 0.335 e. The molecule has 1 aromatic heterocycles. The summed E-state index contributed by atoms with van der Waals surface area (Å²) in [5.74, 6) is -1.48. The lowest BCUT2D eigenvalue weighted by Gasteiger charge is -2.36. The zero-order valence-electron chi connectivity index (χ0n) is 14.7. The number of carbonyl (C=O) groups excluding carboxylic acids is 1. The van der Waals surface area contributed by atoms with Crippen molar-refractivity contribution in [3.63, 3.8) is 0 Å². The Balaban J connectivity index is 1.81. The molecule has 1 saturated heterocycles. The number of benzene rings is 1. The van der Waals surface area contributed by atoms with Gasteiger partial charge in [0.15, 0.2) is 5.60 Å². The van der Waals surface area contributed by atoms with Crippen molar-refractivity contribution in [3.8, 4) is 0 Å². The summed E-state index contributed by atoms with van der Waals surface area (Å²) in [6.07, 6.45) is 0.155. The van der Waals surface area contributed by atoms with Crippen molar-refractivity contribution in [2.24, 2.45) is 0 Å². The number of rotatable bonds is 5. The number of aliphatic hydroxyl groups is 1. The number of aromatic nitrogens is 4. The SMILES string of the molecule is Cc1nnnn1C(Cc1ccc(F)cc1)C(=O)N1CCC(O)(C(=O)O)CC1. The van der Waals surface area contributed by atoms with Gasteiger partial charge in [-0.1, -0.05) is 12.1 Å². The largest absolute Gasteiger partial charge is 0.479 e. The Bertz CT molecular complexity index is 830. The molecular formula is C17H20FN5O4. The molecular weight excluding hydrogens is 357 g/mol. The van der Waals surface area contributed by atoms with Gasteiger partial charge in [0, 0.05) is 32.4 Å². The smallest absolute Gasteiger partial charge is 0.335 e. The average Bonchev–Trinajstić information content (AvgIpc) is 3.07. The van der Waals surface area contributed by atoms with Crippen LogP contribution >= 0.6 is 0 Å². The summed E-state index contributed by atoms with van der Waals surface area (Å²) >= 11 is 0. The van der Waals surface area contributed by atoms with E-state index in [-0.39, 0.29) is 44.1 Å². The second-order valence-corrected chi connectivity index (χ2v) is 6.68. The fourth-order valence-corrected chi connectivity index (χ4v) is 3.17. The molecule has 3 rings (SSSR count). The van der Waals surface area contributed by atoms with E-state index in [4.69, 9.17) is 5.11 Å². The van der Waals surface area contributed by atoms with Crippen LogP contribution in [-0.2, 0) is 16.0 Å². The minimum absolute atomic E-state index is 0.0497. The van der Waals surface area contributed by atoms with Gasteiger partial charge < -0.3 is 15.1 Å². The Kier molecular flexibility index (Phi) is 5.17. The van der Waals surface area contributed by atoms with Gasteiger partial charge in [0.2, 0.25) is 5.91 Å². The van der Waals surface area contributed by atoms with Crippen molar-refractivity contribution in [2.45, 2.75) is 37.8 Å². The minimum atomic E-state index is -1.81. The number of nitrogens with zero attached hydrogens (tertiary/aromatic N) is 5. The van der Waals surface area contributed by atoms with Crippen LogP contribution in [0.3, 0.4) is 0 Å². The molecule has 1 aliphatic rings. The second kappa shape index (κ2) is 7.39. The molecule has 1 fully saturated rings. The van der Waals surface area contributed by atoms with E-state index < -0.39 is 17.6 Å². The van der Waals surface area contributed by atoms with Crippen LogP contribution in [0, 0.1) is 12.7 Å². The Labute approximate surface area is 154 Å². The molecule has 1 unspecified atom stereocenters. The molecule has 1 atom stereocenters. The summed E-state index contributed by atoms with van der Waals surface area (Å²) in [6, 6.07) is 5.07. The van der Waals surface area contributed by atoms with Crippen molar-refractivity contribution in [3.05, 3.63) is 41.5 Å². The summed E-state index contributed by atoms with van der Waals surface area (Å²) in [5.41, 5.74) is -1.07. The summed E-state index contributed by atoms with van der Waals surface area (Å²) in [4.78, 5) is 25.8.